The van der Waals surface area contributed by atoms with Gasteiger partial charge in [0.2, 0.25) is 0 Å². The third-order valence-electron chi connectivity index (χ3n) is 3.00. The molecule has 1 aliphatic rings. The van der Waals surface area contributed by atoms with E-state index in [0.29, 0.717) is 11.3 Å². The van der Waals surface area contributed by atoms with E-state index in [1.54, 1.807) is 18.2 Å². The Balaban J connectivity index is 1.96. The summed E-state index contributed by atoms with van der Waals surface area (Å²) in [5, 5.41) is 13.4. The number of thiophene rings is 1. The molecule has 5 nitrogen and oxygen atoms in total. The number of hydrogen-bond acceptors (Lipinski definition) is 4. The fourth-order valence-corrected chi connectivity index (χ4v) is 2.85. The number of imide groups is 1. The van der Waals surface area contributed by atoms with Crippen LogP contribution in [-0.2, 0) is 4.79 Å². The van der Waals surface area contributed by atoms with Crippen molar-refractivity contribution in [1.82, 2.24) is 5.32 Å². The van der Waals surface area contributed by atoms with Crippen molar-refractivity contribution in [3.63, 3.8) is 0 Å². The molecule has 1 N–H and O–H groups in total. The number of carbonyl (C=O) groups is 2. The van der Waals surface area contributed by atoms with Gasteiger partial charge in [-0.05, 0) is 29.6 Å². The highest BCUT2D eigenvalue weighted by atomic mass is 32.1. The summed E-state index contributed by atoms with van der Waals surface area (Å²) in [7, 11) is 0. The summed E-state index contributed by atoms with van der Waals surface area (Å²) in [5.41, 5.74) is 0.813. The molecule has 98 valence electrons. The predicted molar refractivity (Wildman–Crippen MR) is 74.2 cm³/mol. The zero-order valence-corrected chi connectivity index (χ0v) is 11.1. The molecule has 1 saturated heterocycles. The minimum absolute atomic E-state index is 0.326. The Morgan fingerprint density at radius 1 is 1.25 bits per heavy atom. The Kier molecular flexibility index (Phi) is 2.97. The highest BCUT2D eigenvalue weighted by Crippen LogP contribution is 2.29. The number of benzene rings is 1. The van der Waals surface area contributed by atoms with Crippen molar-refractivity contribution < 1.29 is 9.59 Å². The quantitative estimate of drug-likeness (QED) is 0.860. The molecular weight excluding hydrogens is 274 g/mol. The summed E-state index contributed by atoms with van der Waals surface area (Å²) in [4.78, 5) is 26.3. The predicted octanol–water partition coefficient (Wildman–Crippen LogP) is 2.42. The molecule has 1 fully saturated rings. The lowest BCUT2D eigenvalue weighted by Crippen LogP contribution is -2.30. The van der Waals surface area contributed by atoms with Gasteiger partial charge in [-0.3, -0.25) is 4.79 Å². The first-order valence-electron chi connectivity index (χ1n) is 5.89. The molecule has 1 atom stereocenters. The molecule has 0 saturated carbocycles. The Bertz CT molecular complexity index is 718. The van der Waals surface area contributed by atoms with Crippen LogP contribution in [0.3, 0.4) is 0 Å². The van der Waals surface area contributed by atoms with Gasteiger partial charge in [-0.15, -0.1) is 11.3 Å². The normalized spacial score (nSPS) is 17.9. The maximum absolute atomic E-state index is 12.4. The van der Waals surface area contributed by atoms with Gasteiger partial charge < -0.3 is 5.32 Å². The SMILES string of the molecule is N#Cc1cccc(N2C(=O)NC(c3cccs3)C2=O)c1. The lowest BCUT2D eigenvalue weighted by Gasteiger charge is -2.12. The highest BCUT2D eigenvalue weighted by molar-refractivity contribution is 7.10. The highest BCUT2D eigenvalue weighted by Gasteiger charge is 2.40. The van der Waals surface area contributed by atoms with Gasteiger partial charge in [0.1, 0.15) is 6.04 Å². The van der Waals surface area contributed by atoms with Gasteiger partial charge in [0, 0.05) is 4.88 Å². The summed E-state index contributed by atoms with van der Waals surface area (Å²) in [6, 6.07) is 10.9. The topological polar surface area (TPSA) is 73.2 Å². The van der Waals surface area contributed by atoms with Crippen molar-refractivity contribution in [2.45, 2.75) is 6.04 Å². The van der Waals surface area contributed by atoms with E-state index in [2.05, 4.69) is 5.32 Å². The van der Waals surface area contributed by atoms with Crippen LogP contribution in [0.15, 0.2) is 41.8 Å². The van der Waals surface area contributed by atoms with Gasteiger partial charge in [-0.25, -0.2) is 9.69 Å². The average Bonchev–Trinajstić information content (AvgIpc) is 3.07. The second kappa shape index (κ2) is 4.79. The molecule has 20 heavy (non-hydrogen) atoms. The van der Waals surface area contributed by atoms with E-state index in [1.807, 2.05) is 23.6 Å². The second-order valence-corrected chi connectivity index (χ2v) is 5.21. The van der Waals surface area contributed by atoms with Gasteiger partial charge in [0.25, 0.3) is 5.91 Å². The number of rotatable bonds is 2. The molecule has 3 rings (SSSR count). The Labute approximate surface area is 119 Å². The molecule has 0 bridgehead atoms. The van der Waals surface area contributed by atoms with Crippen LogP contribution < -0.4 is 10.2 Å². The number of nitrogens with one attached hydrogen (secondary N) is 1. The van der Waals surface area contributed by atoms with Crippen LogP contribution in [0.5, 0.6) is 0 Å². The van der Waals surface area contributed by atoms with Crippen molar-refractivity contribution in [3.05, 3.63) is 52.2 Å². The molecule has 1 unspecified atom stereocenters. The van der Waals surface area contributed by atoms with E-state index in [0.717, 1.165) is 9.78 Å². The van der Waals surface area contributed by atoms with E-state index in [9.17, 15) is 9.59 Å². The molecule has 1 aromatic heterocycles. The van der Waals surface area contributed by atoms with Crippen molar-refractivity contribution >= 4 is 29.0 Å². The van der Waals surface area contributed by atoms with Crippen LogP contribution in [0, 0.1) is 11.3 Å². The molecule has 6 heteroatoms. The minimum atomic E-state index is -0.645. The van der Waals surface area contributed by atoms with E-state index in [-0.39, 0.29) is 5.91 Å². The van der Waals surface area contributed by atoms with Crippen LogP contribution in [0.2, 0.25) is 0 Å². The molecule has 0 spiro atoms. The van der Waals surface area contributed by atoms with E-state index in [4.69, 9.17) is 5.26 Å². The molecule has 2 aromatic rings. The number of urea groups is 1. The lowest BCUT2D eigenvalue weighted by molar-refractivity contribution is -0.118. The third kappa shape index (κ3) is 1.94. The lowest BCUT2D eigenvalue weighted by atomic mass is 10.2. The molecule has 2 heterocycles. The fourth-order valence-electron chi connectivity index (χ4n) is 2.09. The maximum Gasteiger partial charge on any atom is 0.329 e. The van der Waals surface area contributed by atoms with E-state index < -0.39 is 12.1 Å². The van der Waals surface area contributed by atoms with E-state index in [1.165, 1.54) is 17.4 Å². The largest absolute Gasteiger partial charge is 0.329 e. The maximum atomic E-state index is 12.4. The van der Waals surface area contributed by atoms with Crippen LogP contribution in [0.4, 0.5) is 10.5 Å². The number of amides is 3. The zero-order chi connectivity index (χ0) is 14.1. The summed E-state index contributed by atoms with van der Waals surface area (Å²) in [6.07, 6.45) is 0. The monoisotopic (exact) mass is 283 g/mol. The summed E-state index contributed by atoms with van der Waals surface area (Å²) < 4.78 is 0. The average molecular weight is 283 g/mol. The number of anilines is 1. The molecule has 3 amide bonds. The van der Waals surface area contributed by atoms with Gasteiger partial charge in [-0.2, -0.15) is 5.26 Å². The first kappa shape index (κ1) is 12.4. The molecule has 0 radical (unpaired) electrons. The zero-order valence-electron chi connectivity index (χ0n) is 10.2. The number of nitrogens with zero attached hydrogens (tertiary/aromatic N) is 2. The molecule has 1 aliphatic heterocycles. The summed E-state index contributed by atoms with van der Waals surface area (Å²) in [6.45, 7) is 0. The first-order valence-corrected chi connectivity index (χ1v) is 6.76. The van der Waals surface area contributed by atoms with Crippen molar-refractivity contribution in [2.24, 2.45) is 0 Å². The van der Waals surface area contributed by atoms with Crippen molar-refractivity contribution in [3.8, 4) is 6.07 Å². The Morgan fingerprint density at radius 2 is 2.10 bits per heavy atom. The standard InChI is InChI=1S/C14H9N3O2S/c15-8-9-3-1-4-10(7-9)17-13(18)12(16-14(17)19)11-5-2-6-20-11/h1-7,12H,(H,16,19). The smallest absolute Gasteiger partial charge is 0.321 e. The van der Waals surface area contributed by atoms with Crippen LogP contribution in [0.1, 0.15) is 16.5 Å². The Morgan fingerprint density at radius 3 is 2.80 bits per heavy atom. The third-order valence-corrected chi connectivity index (χ3v) is 3.94. The second-order valence-electron chi connectivity index (χ2n) is 4.23. The van der Waals surface area contributed by atoms with Crippen LogP contribution >= 0.6 is 11.3 Å². The van der Waals surface area contributed by atoms with Crippen LogP contribution in [-0.4, -0.2) is 11.9 Å². The minimum Gasteiger partial charge on any atom is -0.321 e. The molecule has 1 aromatic carbocycles. The van der Waals surface area contributed by atoms with Gasteiger partial charge in [0.05, 0.1) is 17.3 Å². The van der Waals surface area contributed by atoms with Crippen molar-refractivity contribution in [2.75, 3.05) is 4.90 Å². The fraction of sp³-hybridized carbons (Fsp3) is 0.0714. The number of carbonyl (C=O) groups excluding carboxylic acids is 2. The first-order chi connectivity index (χ1) is 9.70. The van der Waals surface area contributed by atoms with Crippen LogP contribution in [0.25, 0.3) is 0 Å². The van der Waals surface area contributed by atoms with Gasteiger partial charge in [0.15, 0.2) is 0 Å². The van der Waals surface area contributed by atoms with Gasteiger partial charge >= 0.3 is 6.03 Å². The van der Waals surface area contributed by atoms with E-state index >= 15 is 0 Å². The molecular formula is C14H9N3O2S. The summed E-state index contributed by atoms with van der Waals surface area (Å²) in [5.74, 6) is -0.326. The number of hydrogen-bond donors (Lipinski definition) is 1. The number of nitriles is 1. The molecule has 0 aliphatic carbocycles. The Hall–Kier alpha value is -2.65. The summed E-state index contributed by atoms with van der Waals surface area (Å²) >= 11 is 1.42. The van der Waals surface area contributed by atoms with Gasteiger partial charge in [-0.1, -0.05) is 12.1 Å². The van der Waals surface area contributed by atoms with Crippen molar-refractivity contribution in [1.29, 1.82) is 5.26 Å².